The predicted molar refractivity (Wildman–Crippen MR) is 49.5 cm³/mol. The molecule has 0 radical (unpaired) electrons. The number of likely N-dealkylation sites (tertiary alicyclic amines) is 1. The molecule has 0 amide bonds. The van der Waals surface area contributed by atoms with Crippen LogP contribution in [0.1, 0.15) is 13.8 Å². The largest absolute Gasteiger partial charge is 0.404 e. The number of halogens is 3. The Morgan fingerprint density at radius 1 is 1.20 bits per heavy atom. The van der Waals surface area contributed by atoms with Crippen molar-refractivity contribution in [3.63, 3.8) is 0 Å². The van der Waals surface area contributed by atoms with Crippen LogP contribution in [0.15, 0.2) is 0 Å². The van der Waals surface area contributed by atoms with Gasteiger partial charge in [-0.25, -0.2) is 0 Å². The highest BCUT2D eigenvalue weighted by Crippen LogP contribution is 2.43. The fourth-order valence-electron chi connectivity index (χ4n) is 2.59. The minimum atomic E-state index is -4.11. The molecule has 1 unspecified atom stereocenters. The average Bonchev–Trinajstić information content (AvgIpc) is 1.86. The first kappa shape index (κ1) is 11.2. The summed E-state index contributed by atoms with van der Waals surface area (Å²) in [5.74, 6) is -0.386. The van der Waals surface area contributed by atoms with E-state index in [1.54, 1.807) is 13.8 Å². The maximum atomic E-state index is 12.7. The average molecular weight is 223 g/mol. The molecular formula is C10H16F3NO. The van der Waals surface area contributed by atoms with Crippen LogP contribution < -0.4 is 0 Å². The monoisotopic (exact) mass is 223 g/mol. The van der Waals surface area contributed by atoms with Crippen molar-refractivity contribution >= 4 is 0 Å². The molecule has 15 heavy (non-hydrogen) atoms. The summed E-state index contributed by atoms with van der Waals surface area (Å²) < 4.78 is 43.3. The van der Waals surface area contributed by atoms with Gasteiger partial charge in [0.05, 0.1) is 13.2 Å². The third kappa shape index (κ3) is 1.87. The highest BCUT2D eigenvalue weighted by Gasteiger charge is 2.56. The summed E-state index contributed by atoms with van der Waals surface area (Å²) in [6, 6.07) is -1.29. The maximum Gasteiger partial charge on any atom is 0.404 e. The minimum Gasteiger partial charge on any atom is -0.380 e. The molecule has 0 saturated carbocycles. The molecule has 0 aromatic rings. The topological polar surface area (TPSA) is 12.5 Å². The first-order chi connectivity index (χ1) is 6.84. The summed E-state index contributed by atoms with van der Waals surface area (Å²) >= 11 is 0. The van der Waals surface area contributed by atoms with Crippen LogP contribution in [0.5, 0.6) is 0 Å². The minimum absolute atomic E-state index is 0.0540. The van der Waals surface area contributed by atoms with Crippen molar-refractivity contribution < 1.29 is 17.9 Å². The molecule has 2 heterocycles. The van der Waals surface area contributed by atoms with E-state index in [-0.39, 0.29) is 11.3 Å². The summed E-state index contributed by atoms with van der Waals surface area (Å²) in [5.41, 5.74) is 0.0540. The molecule has 0 N–H and O–H groups in total. The Balaban J connectivity index is 1.96. The fourth-order valence-corrected chi connectivity index (χ4v) is 2.59. The van der Waals surface area contributed by atoms with Gasteiger partial charge < -0.3 is 4.74 Å². The Morgan fingerprint density at radius 3 is 2.00 bits per heavy atom. The molecule has 2 aliphatic heterocycles. The molecule has 0 aliphatic carbocycles. The molecule has 88 valence electrons. The smallest absolute Gasteiger partial charge is 0.380 e. The lowest BCUT2D eigenvalue weighted by Crippen LogP contribution is -2.70. The van der Waals surface area contributed by atoms with Gasteiger partial charge in [-0.05, 0) is 5.92 Å². The van der Waals surface area contributed by atoms with Gasteiger partial charge in [0.2, 0.25) is 0 Å². The molecule has 0 aromatic carbocycles. The van der Waals surface area contributed by atoms with E-state index in [0.29, 0.717) is 26.3 Å². The number of ether oxygens (including phenoxy) is 1. The molecule has 5 heteroatoms. The summed E-state index contributed by atoms with van der Waals surface area (Å²) in [4.78, 5) is 1.53. The number of rotatable bonds is 2. The van der Waals surface area contributed by atoms with Gasteiger partial charge >= 0.3 is 6.18 Å². The summed E-state index contributed by atoms with van der Waals surface area (Å²) in [6.07, 6.45) is -4.11. The van der Waals surface area contributed by atoms with Crippen LogP contribution in [-0.2, 0) is 4.74 Å². The van der Waals surface area contributed by atoms with Crippen LogP contribution in [0.4, 0.5) is 13.2 Å². The Bertz CT molecular complexity index is 240. The highest BCUT2D eigenvalue weighted by molar-refractivity contribution is 5.03. The Morgan fingerprint density at radius 2 is 1.73 bits per heavy atom. The van der Waals surface area contributed by atoms with E-state index in [1.807, 2.05) is 0 Å². The first-order valence-electron chi connectivity index (χ1n) is 5.23. The van der Waals surface area contributed by atoms with Crippen LogP contribution >= 0.6 is 0 Å². The van der Waals surface area contributed by atoms with Crippen molar-refractivity contribution in [3.05, 3.63) is 0 Å². The molecule has 2 nitrogen and oxygen atoms in total. The van der Waals surface area contributed by atoms with Gasteiger partial charge in [0, 0.05) is 18.5 Å². The Kier molecular flexibility index (Phi) is 2.50. The molecule has 1 spiro atoms. The van der Waals surface area contributed by atoms with E-state index in [1.165, 1.54) is 4.90 Å². The van der Waals surface area contributed by atoms with Crippen molar-refractivity contribution in [2.75, 3.05) is 26.3 Å². The first-order valence-corrected chi connectivity index (χ1v) is 5.23. The molecule has 0 bridgehead atoms. The van der Waals surface area contributed by atoms with Gasteiger partial charge in [-0.2, -0.15) is 13.2 Å². The standard InChI is InChI=1S/C10H16F3NO/c1-7(2)8(10(11,12)13)14-3-9(4-14)5-15-6-9/h7-8H,3-6H2,1-2H3. The molecule has 2 rings (SSSR count). The number of nitrogens with zero attached hydrogens (tertiary/aromatic N) is 1. The van der Waals surface area contributed by atoms with E-state index < -0.39 is 12.2 Å². The van der Waals surface area contributed by atoms with E-state index >= 15 is 0 Å². The zero-order chi connectivity index (χ0) is 11.3. The van der Waals surface area contributed by atoms with E-state index in [4.69, 9.17) is 4.74 Å². The zero-order valence-corrected chi connectivity index (χ0v) is 8.97. The van der Waals surface area contributed by atoms with E-state index in [2.05, 4.69) is 0 Å². The van der Waals surface area contributed by atoms with Gasteiger partial charge in [0.25, 0.3) is 0 Å². The molecule has 2 aliphatic rings. The maximum absolute atomic E-state index is 12.7. The third-order valence-corrected chi connectivity index (χ3v) is 3.25. The Hall–Kier alpha value is -0.290. The van der Waals surface area contributed by atoms with Crippen molar-refractivity contribution in [2.24, 2.45) is 11.3 Å². The van der Waals surface area contributed by atoms with Crippen LogP contribution in [0.3, 0.4) is 0 Å². The molecule has 2 saturated heterocycles. The lowest BCUT2D eigenvalue weighted by molar-refractivity contribution is -0.257. The second kappa shape index (κ2) is 3.35. The molecular weight excluding hydrogens is 207 g/mol. The van der Waals surface area contributed by atoms with Crippen molar-refractivity contribution in [2.45, 2.75) is 26.1 Å². The lowest BCUT2D eigenvalue weighted by atomic mass is 9.76. The molecule has 0 aromatic heterocycles. The summed E-state index contributed by atoms with van der Waals surface area (Å²) in [5, 5.41) is 0. The normalized spacial score (nSPS) is 27.6. The van der Waals surface area contributed by atoms with Crippen molar-refractivity contribution in [1.82, 2.24) is 4.90 Å². The fraction of sp³-hybridized carbons (Fsp3) is 1.00. The van der Waals surface area contributed by atoms with Crippen LogP contribution in [0, 0.1) is 11.3 Å². The van der Waals surface area contributed by atoms with Gasteiger partial charge in [-0.3, -0.25) is 4.90 Å². The molecule has 1 atom stereocenters. The van der Waals surface area contributed by atoms with Crippen LogP contribution in [-0.4, -0.2) is 43.4 Å². The second-order valence-electron chi connectivity index (χ2n) is 5.13. The highest BCUT2D eigenvalue weighted by atomic mass is 19.4. The van der Waals surface area contributed by atoms with Gasteiger partial charge in [0.1, 0.15) is 6.04 Å². The summed E-state index contributed by atoms with van der Waals surface area (Å²) in [7, 11) is 0. The van der Waals surface area contributed by atoms with Gasteiger partial charge in [0.15, 0.2) is 0 Å². The quantitative estimate of drug-likeness (QED) is 0.709. The lowest BCUT2D eigenvalue weighted by Gasteiger charge is -2.58. The number of hydrogen-bond acceptors (Lipinski definition) is 2. The zero-order valence-electron chi connectivity index (χ0n) is 8.97. The second-order valence-corrected chi connectivity index (χ2v) is 5.13. The van der Waals surface area contributed by atoms with Crippen molar-refractivity contribution in [1.29, 1.82) is 0 Å². The third-order valence-electron chi connectivity index (χ3n) is 3.25. The number of hydrogen-bond donors (Lipinski definition) is 0. The molecule has 2 fully saturated rings. The Labute approximate surface area is 87.4 Å². The predicted octanol–water partition coefficient (Wildman–Crippen LogP) is 1.91. The van der Waals surface area contributed by atoms with E-state index in [9.17, 15) is 13.2 Å². The summed E-state index contributed by atoms with van der Waals surface area (Å²) in [6.45, 7) is 5.59. The van der Waals surface area contributed by atoms with Gasteiger partial charge in [-0.15, -0.1) is 0 Å². The van der Waals surface area contributed by atoms with Crippen LogP contribution in [0.2, 0.25) is 0 Å². The van der Waals surface area contributed by atoms with Crippen molar-refractivity contribution in [3.8, 4) is 0 Å². The van der Waals surface area contributed by atoms with E-state index in [0.717, 1.165) is 0 Å². The van der Waals surface area contributed by atoms with Gasteiger partial charge in [-0.1, -0.05) is 13.8 Å². The number of alkyl halides is 3. The SMILES string of the molecule is CC(C)C(N1CC2(COC2)C1)C(F)(F)F. The van der Waals surface area contributed by atoms with Crippen LogP contribution in [0.25, 0.3) is 0 Å².